The van der Waals surface area contributed by atoms with E-state index in [2.05, 4.69) is 21.2 Å². The van der Waals surface area contributed by atoms with Gasteiger partial charge in [0.1, 0.15) is 0 Å². The zero-order chi connectivity index (χ0) is 18.7. The molecule has 0 aliphatic carbocycles. The van der Waals surface area contributed by atoms with Crippen LogP contribution in [-0.4, -0.2) is 29.8 Å². The number of hydrogen-bond donors (Lipinski definition) is 1. The highest BCUT2D eigenvalue weighted by atomic mass is 79.9. The molecule has 0 spiro atoms. The van der Waals surface area contributed by atoms with Crippen LogP contribution >= 0.6 is 39.1 Å². The van der Waals surface area contributed by atoms with E-state index < -0.39 is 0 Å². The first-order valence-electron chi connectivity index (χ1n) is 8.24. The highest BCUT2D eigenvalue weighted by Gasteiger charge is 2.30. The van der Waals surface area contributed by atoms with Crippen LogP contribution in [0.5, 0.6) is 0 Å². The fraction of sp³-hybridized carbons (Fsp3) is 0.263. The average molecular weight is 456 g/mol. The lowest BCUT2D eigenvalue weighted by atomic mass is 10.0. The quantitative estimate of drug-likeness (QED) is 0.716. The Balaban J connectivity index is 1.65. The normalized spacial score (nSPS) is 16.6. The number of nitrogens with one attached hydrogen (secondary N) is 1. The molecular formula is C19H17BrCl2N2O2. The minimum Gasteiger partial charge on any atom is -0.343 e. The van der Waals surface area contributed by atoms with Crippen LogP contribution in [0.25, 0.3) is 0 Å². The third-order valence-electron chi connectivity index (χ3n) is 4.39. The fourth-order valence-corrected chi connectivity index (χ4v) is 3.83. The van der Waals surface area contributed by atoms with Crippen molar-refractivity contribution in [1.29, 1.82) is 0 Å². The molecule has 0 aromatic heterocycles. The van der Waals surface area contributed by atoms with Crippen LogP contribution in [0.2, 0.25) is 10.0 Å². The molecule has 1 saturated heterocycles. The first-order valence-corrected chi connectivity index (χ1v) is 9.79. The van der Waals surface area contributed by atoms with Gasteiger partial charge in [-0.1, -0.05) is 51.3 Å². The maximum atomic E-state index is 12.6. The van der Waals surface area contributed by atoms with Gasteiger partial charge in [0, 0.05) is 16.6 Å². The fourth-order valence-electron chi connectivity index (χ4n) is 3.12. The van der Waals surface area contributed by atoms with E-state index in [9.17, 15) is 9.59 Å². The summed E-state index contributed by atoms with van der Waals surface area (Å²) >= 11 is 15.4. The van der Waals surface area contributed by atoms with Gasteiger partial charge in [-0.15, -0.1) is 0 Å². The molecule has 136 valence electrons. The molecule has 2 aromatic rings. The highest BCUT2D eigenvalue weighted by molar-refractivity contribution is 9.10. The molecular weight excluding hydrogens is 439 g/mol. The second-order valence-electron chi connectivity index (χ2n) is 6.11. The van der Waals surface area contributed by atoms with E-state index in [0.717, 1.165) is 22.9 Å². The van der Waals surface area contributed by atoms with Crippen molar-refractivity contribution >= 4 is 50.9 Å². The largest absolute Gasteiger partial charge is 0.343 e. The molecule has 0 saturated carbocycles. The highest BCUT2D eigenvalue weighted by Crippen LogP contribution is 2.34. The van der Waals surface area contributed by atoms with Crippen molar-refractivity contribution in [3.05, 3.63) is 68.1 Å². The molecule has 2 aromatic carbocycles. The predicted molar refractivity (Wildman–Crippen MR) is 107 cm³/mol. The number of halogens is 3. The summed E-state index contributed by atoms with van der Waals surface area (Å²) in [6.45, 7) is 0.625. The Morgan fingerprint density at radius 1 is 1.15 bits per heavy atom. The maximum absolute atomic E-state index is 12.6. The topological polar surface area (TPSA) is 49.4 Å². The number of rotatable bonds is 4. The zero-order valence-electron chi connectivity index (χ0n) is 13.8. The smallest absolute Gasteiger partial charge is 0.251 e. The Morgan fingerprint density at radius 3 is 2.69 bits per heavy atom. The van der Waals surface area contributed by atoms with E-state index in [1.165, 1.54) is 0 Å². The molecule has 0 radical (unpaired) electrons. The van der Waals surface area contributed by atoms with Gasteiger partial charge in [-0.25, -0.2) is 0 Å². The number of amides is 2. The van der Waals surface area contributed by atoms with Gasteiger partial charge >= 0.3 is 0 Å². The molecule has 1 aliphatic heterocycles. The van der Waals surface area contributed by atoms with Gasteiger partial charge in [-0.05, 0) is 48.7 Å². The summed E-state index contributed by atoms with van der Waals surface area (Å²) < 4.78 is 0.815. The van der Waals surface area contributed by atoms with Crippen LogP contribution in [-0.2, 0) is 4.79 Å². The summed E-state index contributed by atoms with van der Waals surface area (Å²) in [7, 11) is 0. The van der Waals surface area contributed by atoms with E-state index in [1.54, 1.807) is 35.2 Å². The number of benzene rings is 2. The van der Waals surface area contributed by atoms with Crippen molar-refractivity contribution in [2.45, 2.75) is 18.9 Å². The molecule has 7 heteroatoms. The molecule has 1 unspecified atom stereocenters. The molecule has 26 heavy (non-hydrogen) atoms. The van der Waals surface area contributed by atoms with E-state index in [-0.39, 0.29) is 24.4 Å². The lowest BCUT2D eigenvalue weighted by Crippen LogP contribution is -2.39. The number of likely N-dealkylation sites (tertiary alicyclic amines) is 1. The van der Waals surface area contributed by atoms with Crippen molar-refractivity contribution in [2.24, 2.45) is 0 Å². The van der Waals surface area contributed by atoms with Crippen molar-refractivity contribution in [1.82, 2.24) is 10.2 Å². The second-order valence-corrected chi connectivity index (χ2v) is 7.84. The van der Waals surface area contributed by atoms with Crippen molar-refractivity contribution < 1.29 is 9.59 Å². The van der Waals surface area contributed by atoms with Gasteiger partial charge in [-0.3, -0.25) is 9.59 Å². The second kappa shape index (κ2) is 8.42. The molecule has 3 rings (SSSR count). The molecule has 0 bridgehead atoms. The van der Waals surface area contributed by atoms with Gasteiger partial charge in [-0.2, -0.15) is 0 Å². The van der Waals surface area contributed by atoms with E-state index >= 15 is 0 Å². The third-order valence-corrected chi connectivity index (χ3v) is 5.62. The van der Waals surface area contributed by atoms with Crippen LogP contribution in [0.15, 0.2) is 46.9 Å². The van der Waals surface area contributed by atoms with Crippen molar-refractivity contribution in [3.63, 3.8) is 0 Å². The molecule has 1 aliphatic rings. The number of carbonyl (C=O) groups excluding carboxylic acids is 2. The number of nitrogens with zero attached hydrogens (tertiary/aromatic N) is 1. The predicted octanol–water partition coefficient (Wildman–Crippen LogP) is 4.85. The van der Waals surface area contributed by atoms with Crippen LogP contribution in [0.1, 0.15) is 34.8 Å². The molecule has 1 heterocycles. The lowest BCUT2D eigenvalue weighted by molar-refractivity contribution is -0.131. The van der Waals surface area contributed by atoms with Crippen molar-refractivity contribution in [2.75, 3.05) is 13.1 Å². The Labute approximate surface area is 170 Å². The Kier molecular flexibility index (Phi) is 6.22. The molecule has 1 atom stereocenters. The van der Waals surface area contributed by atoms with Crippen LogP contribution in [0.4, 0.5) is 0 Å². The van der Waals surface area contributed by atoms with Gasteiger partial charge in [0.05, 0.1) is 22.6 Å². The zero-order valence-corrected chi connectivity index (χ0v) is 16.9. The first kappa shape index (κ1) is 19.2. The number of carbonyl (C=O) groups is 2. The van der Waals surface area contributed by atoms with Crippen LogP contribution < -0.4 is 5.32 Å². The monoisotopic (exact) mass is 454 g/mol. The minimum absolute atomic E-state index is 0.0385. The maximum Gasteiger partial charge on any atom is 0.251 e. The Bertz CT molecular complexity index is 844. The summed E-state index contributed by atoms with van der Waals surface area (Å²) in [5.74, 6) is -0.383. The molecule has 1 fully saturated rings. The molecule has 4 nitrogen and oxygen atoms in total. The van der Waals surface area contributed by atoms with Gasteiger partial charge < -0.3 is 10.2 Å². The molecule has 1 N–H and O–H groups in total. The first-order chi connectivity index (χ1) is 12.5. The van der Waals surface area contributed by atoms with Gasteiger partial charge in [0.15, 0.2) is 0 Å². The van der Waals surface area contributed by atoms with Crippen molar-refractivity contribution in [3.8, 4) is 0 Å². The lowest BCUT2D eigenvalue weighted by Gasteiger charge is -2.25. The number of hydrogen-bond acceptors (Lipinski definition) is 2. The summed E-state index contributed by atoms with van der Waals surface area (Å²) in [4.78, 5) is 26.6. The van der Waals surface area contributed by atoms with E-state index in [1.807, 2.05) is 12.1 Å². The van der Waals surface area contributed by atoms with E-state index in [0.29, 0.717) is 22.2 Å². The Hall–Kier alpha value is -1.56. The Morgan fingerprint density at radius 2 is 1.96 bits per heavy atom. The summed E-state index contributed by atoms with van der Waals surface area (Å²) in [5.41, 5.74) is 1.47. The summed E-state index contributed by atoms with van der Waals surface area (Å²) in [6.07, 6.45) is 1.78. The minimum atomic E-state index is -0.273. The average Bonchev–Trinajstić information content (AvgIpc) is 3.11. The van der Waals surface area contributed by atoms with Gasteiger partial charge in [0.25, 0.3) is 5.91 Å². The standard InChI is InChI=1S/C19H17BrCl2N2O2/c20-14-4-1-3-13(9-14)19(26)23-11-18(25)24-8-2-5-17(24)12-6-7-15(21)16(22)10-12/h1,3-4,6-7,9-10,17H,2,5,8,11H2,(H,23,26). The van der Waals surface area contributed by atoms with E-state index in [4.69, 9.17) is 23.2 Å². The third kappa shape index (κ3) is 4.40. The SMILES string of the molecule is O=C(NCC(=O)N1CCCC1c1ccc(Cl)c(Cl)c1)c1cccc(Br)c1. The van der Waals surface area contributed by atoms with Crippen LogP contribution in [0.3, 0.4) is 0 Å². The summed E-state index contributed by atoms with van der Waals surface area (Å²) in [6, 6.07) is 12.4. The summed E-state index contributed by atoms with van der Waals surface area (Å²) in [5, 5.41) is 3.67. The van der Waals surface area contributed by atoms with Gasteiger partial charge in [0.2, 0.25) is 5.91 Å². The molecule has 2 amide bonds. The van der Waals surface area contributed by atoms with Crippen LogP contribution in [0, 0.1) is 0 Å².